The Morgan fingerprint density at radius 1 is 1.09 bits per heavy atom. The summed E-state index contributed by atoms with van der Waals surface area (Å²) >= 11 is 1.81. The van der Waals surface area contributed by atoms with Crippen molar-refractivity contribution in [3.63, 3.8) is 0 Å². The van der Waals surface area contributed by atoms with Crippen molar-refractivity contribution < 1.29 is 18.8 Å². The third-order valence-electron chi connectivity index (χ3n) is 5.34. The predicted molar refractivity (Wildman–Crippen MR) is 125 cm³/mol. The van der Waals surface area contributed by atoms with E-state index in [9.17, 15) is 9.59 Å². The van der Waals surface area contributed by atoms with Gasteiger partial charge in [-0.05, 0) is 43.4 Å². The zero-order valence-electron chi connectivity index (χ0n) is 18.6. The number of nitrogens with zero attached hydrogens (tertiary/aromatic N) is 1. The second kappa shape index (κ2) is 9.74. The maximum Gasteiger partial charge on any atom is 0.361 e. The van der Waals surface area contributed by atoms with Crippen molar-refractivity contribution in [1.29, 1.82) is 0 Å². The number of thioether (sulfide) groups is 1. The molecule has 5 nitrogen and oxygen atoms in total. The highest BCUT2D eigenvalue weighted by Gasteiger charge is 2.37. The Labute approximate surface area is 192 Å². The van der Waals surface area contributed by atoms with E-state index in [0.717, 1.165) is 18.4 Å². The number of carbonyl (C=O) groups is 2. The summed E-state index contributed by atoms with van der Waals surface area (Å²) in [7, 11) is 0. The van der Waals surface area contributed by atoms with Crippen LogP contribution in [-0.2, 0) is 11.2 Å². The van der Waals surface area contributed by atoms with Crippen molar-refractivity contribution in [3.05, 3.63) is 82.2 Å². The van der Waals surface area contributed by atoms with Crippen LogP contribution in [0.5, 0.6) is 0 Å². The number of carbonyl (C=O) groups excluding carboxylic acids is 2. The van der Waals surface area contributed by atoms with Crippen molar-refractivity contribution in [2.45, 2.75) is 56.1 Å². The third-order valence-corrected chi connectivity index (χ3v) is 6.46. The van der Waals surface area contributed by atoms with Crippen molar-refractivity contribution in [1.82, 2.24) is 5.16 Å². The molecule has 0 unspecified atom stereocenters. The standard InChI is InChI=1S/C26H27NO4S/c1-4-30-26(29)23-22(25(31-27-23)17-13-14-17)24(28)20-11-7-5-9-18(20)15-19-10-6-8-12-21(19)32-16(2)3/h5-12,16-17H,4,13-15H2,1-3H3. The Balaban J connectivity index is 1.72. The van der Waals surface area contributed by atoms with Gasteiger partial charge in [0, 0.05) is 21.6 Å². The first-order valence-corrected chi connectivity index (χ1v) is 11.9. The molecule has 0 aliphatic heterocycles. The Morgan fingerprint density at radius 3 is 2.47 bits per heavy atom. The van der Waals surface area contributed by atoms with Crippen LogP contribution < -0.4 is 0 Å². The lowest BCUT2D eigenvalue weighted by Gasteiger charge is -2.14. The number of hydrogen-bond acceptors (Lipinski definition) is 6. The van der Waals surface area contributed by atoms with Gasteiger partial charge in [0.1, 0.15) is 5.56 Å². The average molecular weight is 450 g/mol. The summed E-state index contributed by atoms with van der Waals surface area (Å²) in [5.41, 5.74) is 2.87. The number of rotatable bonds is 9. The molecule has 4 rings (SSSR count). The first-order valence-electron chi connectivity index (χ1n) is 11.0. The average Bonchev–Trinajstić information content (AvgIpc) is 3.52. The molecule has 6 heteroatoms. The number of aromatic nitrogens is 1. The van der Waals surface area contributed by atoms with Gasteiger partial charge in [0.05, 0.1) is 6.61 Å². The highest BCUT2D eigenvalue weighted by molar-refractivity contribution is 8.00. The van der Waals surface area contributed by atoms with Crippen LogP contribution in [0.15, 0.2) is 57.9 Å². The van der Waals surface area contributed by atoms with Crippen LogP contribution in [0, 0.1) is 0 Å². The number of esters is 1. The monoisotopic (exact) mass is 449 g/mol. The van der Waals surface area contributed by atoms with E-state index in [1.54, 1.807) is 6.92 Å². The molecule has 0 saturated heterocycles. The second-order valence-corrected chi connectivity index (χ2v) is 9.82. The molecular weight excluding hydrogens is 422 g/mol. The Hall–Kier alpha value is -2.86. The lowest BCUT2D eigenvalue weighted by Crippen LogP contribution is -2.14. The maximum absolute atomic E-state index is 13.8. The summed E-state index contributed by atoms with van der Waals surface area (Å²) in [5, 5.41) is 4.39. The normalized spacial score (nSPS) is 13.4. The molecule has 0 spiro atoms. The van der Waals surface area contributed by atoms with Gasteiger partial charge in [-0.25, -0.2) is 4.79 Å². The topological polar surface area (TPSA) is 69.4 Å². The second-order valence-electron chi connectivity index (χ2n) is 8.20. The van der Waals surface area contributed by atoms with Crippen LogP contribution in [0.3, 0.4) is 0 Å². The minimum absolute atomic E-state index is 0.0238. The van der Waals surface area contributed by atoms with E-state index >= 15 is 0 Å². The summed E-state index contributed by atoms with van der Waals surface area (Å²) in [6.45, 7) is 6.27. The highest BCUT2D eigenvalue weighted by atomic mass is 32.2. The molecule has 0 amide bonds. The molecule has 1 fully saturated rings. The molecule has 0 N–H and O–H groups in total. The molecule has 1 heterocycles. The summed E-state index contributed by atoms with van der Waals surface area (Å²) < 4.78 is 10.6. The molecule has 1 aliphatic carbocycles. The Kier molecular flexibility index (Phi) is 6.80. The largest absolute Gasteiger partial charge is 0.461 e. The first kappa shape index (κ1) is 22.3. The molecule has 1 saturated carbocycles. The van der Waals surface area contributed by atoms with E-state index in [1.807, 2.05) is 48.2 Å². The van der Waals surface area contributed by atoms with Crippen molar-refractivity contribution >= 4 is 23.5 Å². The first-order chi connectivity index (χ1) is 15.5. The fourth-order valence-corrected chi connectivity index (χ4v) is 4.70. The molecule has 1 aromatic heterocycles. The Morgan fingerprint density at radius 2 is 1.78 bits per heavy atom. The lowest BCUT2D eigenvalue weighted by molar-refractivity contribution is 0.0512. The van der Waals surface area contributed by atoms with Crippen LogP contribution in [-0.4, -0.2) is 28.8 Å². The van der Waals surface area contributed by atoms with Crippen LogP contribution in [0.1, 0.15) is 82.8 Å². The van der Waals surface area contributed by atoms with E-state index in [1.165, 1.54) is 10.5 Å². The zero-order valence-corrected chi connectivity index (χ0v) is 19.4. The smallest absolute Gasteiger partial charge is 0.361 e. The van der Waals surface area contributed by atoms with E-state index < -0.39 is 5.97 Å². The summed E-state index contributed by atoms with van der Waals surface area (Å²) in [4.78, 5) is 27.4. The zero-order chi connectivity index (χ0) is 22.7. The number of benzene rings is 2. The summed E-state index contributed by atoms with van der Waals surface area (Å²) in [6.07, 6.45) is 2.48. The SMILES string of the molecule is CCOC(=O)c1noc(C2CC2)c1C(=O)c1ccccc1Cc1ccccc1SC(C)C. The van der Waals surface area contributed by atoms with Gasteiger partial charge < -0.3 is 9.26 Å². The highest BCUT2D eigenvalue weighted by Crippen LogP contribution is 2.43. The quantitative estimate of drug-likeness (QED) is 0.225. The van der Waals surface area contributed by atoms with Gasteiger partial charge in [-0.3, -0.25) is 4.79 Å². The Bertz CT molecular complexity index is 1130. The molecule has 1 aliphatic rings. The van der Waals surface area contributed by atoms with E-state index in [4.69, 9.17) is 9.26 Å². The molecule has 0 radical (unpaired) electrons. The molecule has 0 atom stereocenters. The van der Waals surface area contributed by atoms with Gasteiger partial charge in [-0.2, -0.15) is 0 Å². The van der Waals surface area contributed by atoms with Gasteiger partial charge in [-0.15, -0.1) is 11.8 Å². The fraction of sp³-hybridized carbons (Fsp3) is 0.346. The van der Waals surface area contributed by atoms with Crippen LogP contribution >= 0.6 is 11.8 Å². The number of ether oxygens (including phenoxy) is 1. The molecule has 0 bridgehead atoms. The van der Waals surface area contributed by atoms with E-state index in [-0.39, 0.29) is 29.6 Å². The van der Waals surface area contributed by atoms with Gasteiger partial charge >= 0.3 is 5.97 Å². The molecule has 3 aromatic rings. The lowest BCUT2D eigenvalue weighted by atomic mass is 9.92. The number of ketones is 1. The summed E-state index contributed by atoms with van der Waals surface area (Å²) in [5.74, 6) is -0.216. The third kappa shape index (κ3) is 4.80. The van der Waals surface area contributed by atoms with Gasteiger partial charge in [0.15, 0.2) is 11.5 Å². The van der Waals surface area contributed by atoms with Gasteiger partial charge in [-0.1, -0.05) is 61.5 Å². The minimum atomic E-state index is -0.623. The van der Waals surface area contributed by atoms with E-state index in [2.05, 4.69) is 31.1 Å². The maximum atomic E-state index is 13.8. The fourth-order valence-electron chi connectivity index (χ4n) is 3.74. The predicted octanol–water partition coefficient (Wildman–Crippen LogP) is 6.05. The van der Waals surface area contributed by atoms with Crippen molar-refractivity contribution in [3.8, 4) is 0 Å². The molecule has 2 aromatic carbocycles. The minimum Gasteiger partial charge on any atom is -0.461 e. The molecule has 166 valence electrons. The molecular formula is C26H27NO4S. The summed E-state index contributed by atoms with van der Waals surface area (Å²) in [6, 6.07) is 15.8. The van der Waals surface area contributed by atoms with E-state index in [0.29, 0.717) is 23.0 Å². The van der Waals surface area contributed by atoms with Crippen molar-refractivity contribution in [2.24, 2.45) is 0 Å². The van der Waals surface area contributed by atoms with Crippen LogP contribution in [0.2, 0.25) is 0 Å². The number of hydrogen-bond donors (Lipinski definition) is 0. The van der Waals surface area contributed by atoms with Gasteiger partial charge in [0.25, 0.3) is 0 Å². The molecule has 32 heavy (non-hydrogen) atoms. The van der Waals surface area contributed by atoms with Crippen LogP contribution in [0.25, 0.3) is 0 Å². The van der Waals surface area contributed by atoms with Gasteiger partial charge in [0.2, 0.25) is 5.69 Å². The van der Waals surface area contributed by atoms with Crippen molar-refractivity contribution in [2.75, 3.05) is 6.61 Å². The van der Waals surface area contributed by atoms with Crippen LogP contribution in [0.4, 0.5) is 0 Å².